The van der Waals surface area contributed by atoms with Crippen molar-refractivity contribution in [2.24, 2.45) is 12.8 Å². The summed E-state index contributed by atoms with van der Waals surface area (Å²) in [5.74, 6) is 1.63. The molecule has 92 valence electrons. The number of aryl methyl sites for hydroxylation is 1. The van der Waals surface area contributed by atoms with E-state index in [0.717, 1.165) is 0 Å². The predicted octanol–water partition coefficient (Wildman–Crippen LogP) is -0.0137. The lowest BCUT2D eigenvalue weighted by atomic mass is 10.2. The highest BCUT2D eigenvalue weighted by molar-refractivity contribution is 5.42. The zero-order chi connectivity index (χ0) is 12.3. The maximum Gasteiger partial charge on any atom is 0.238 e. The summed E-state index contributed by atoms with van der Waals surface area (Å²) in [5, 5.41) is 3.87. The van der Waals surface area contributed by atoms with Crippen LogP contribution in [0, 0.1) is 0 Å². The van der Waals surface area contributed by atoms with Crippen LogP contribution in [0.4, 0.5) is 0 Å². The van der Waals surface area contributed by atoms with Crippen molar-refractivity contribution in [3.63, 3.8) is 0 Å². The lowest BCUT2D eigenvalue weighted by Gasteiger charge is -2.05. The molecule has 2 aromatic heterocycles. The normalized spacial score (nSPS) is 12.9. The molecule has 17 heavy (non-hydrogen) atoms. The summed E-state index contributed by atoms with van der Waals surface area (Å²) >= 11 is 0. The van der Waals surface area contributed by atoms with E-state index < -0.39 is 0 Å². The molecule has 0 spiro atoms. The van der Waals surface area contributed by atoms with Gasteiger partial charge in [0.15, 0.2) is 5.82 Å². The highest BCUT2D eigenvalue weighted by Crippen LogP contribution is 2.12. The molecule has 2 heterocycles. The Morgan fingerprint density at radius 3 is 3.06 bits per heavy atom. The van der Waals surface area contributed by atoms with Gasteiger partial charge in [-0.15, -0.1) is 0 Å². The minimum Gasteiger partial charge on any atom is -0.383 e. The van der Waals surface area contributed by atoms with Gasteiger partial charge >= 0.3 is 0 Å². The van der Waals surface area contributed by atoms with Gasteiger partial charge in [-0.25, -0.2) is 4.98 Å². The van der Waals surface area contributed by atoms with Crippen LogP contribution in [0.2, 0.25) is 0 Å². The van der Waals surface area contributed by atoms with E-state index >= 15 is 0 Å². The van der Waals surface area contributed by atoms with Crippen molar-refractivity contribution in [1.82, 2.24) is 19.7 Å². The molecule has 1 unspecified atom stereocenters. The number of ether oxygens (including phenoxy) is 1. The first kappa shape index (κ1) is 11.7. The number of hydrogen-bond donors (Lipinski definition) is 1. The molecule has 1 atom stereocenters. The summed E-state index contributed by atoms with van der Waals surface area (Å²) in [6.45, 7) is 0.458. The number of hydrogen-bond acceptors (Lipinski definition) is 6. The van der Waals surface area contributed by atoms with Gasteiger partial charge in [0.2, 0.25) is 11.7 Å². The van der Waals surface area contributed by atoms with E-state index in [4.69, 9.17) is 15.0 Å². The smallest absolute Gasteiger partial charge is 0.238 e. The number of nitrogens with two attached hydrogens (primary N) is 1. The van der Waals surface area contributed by atoms with Crippen molar-refractivity contribution >= 4 is 0 Å². The van der Waals surface area contributed by atoms with Gasteiger partial charge in [0, 0.05) is 39.0 Å². The second-order valence-electron chi connectivity index (χ2n) is 3.79. The van der Waals surface area contributed by atoms with E-state index in [2.05, 4.69) is 15.1 Å². The maximum atomic E-state index is 5.80. The molecule has 0 aliphatic heterocycles. The number of methoxy groups -OCH3 is 1. The van der Waals surface area contributed by atoms with E-state index in [0.29, 0.717) is 30.6 Å². The van der Waals surface area contributed by atoms with Gasteiger partial charge in [-0.1, -0.05) is 5.16 Å². The molecular formula is C10H15N5O2. The summed E-state index contributed by atoms with van der Waals surface area (Å²) in [7, 11) is 3.47. The monoisotopic (exact) mass is 237 g/mol. The molecule has 0 amide bonds. The topological polar surface area (TPSA) is 92.0 Å². The molecule has 2 rings (SSSR count). The third kappa shape index (κ3) is 2.69. The van der Waals surface area contributed by atoms with E-state index in [1.807, 2.05) is 17.8 Å². The van der Waals surface area contributed by atoms with Gasteiger partial charge < -0.3 is 19.6 Å². The number of nitrogens with zero attached hydrogens (tertiary/aromatic N) is 4. The molecule has 0 radical (unpaired) electrons. The molecule has 0 saturated carbocycles. The Labute approximate surface area is 98.6 Å². The quantitative estimate of drug-likeness (QED) is 0.786. The second kappa shape index (κ2) is 5.07. The third-order valence-corrected chi connectivity index (χ3v) is 2.31. The first-order valence-corrected chi connectivity index (χ1v) is 5.25. The van der Waals surface area contributed by atoms with Crippen molar-refractivity contribution in [2.75, 3.05) is 13.7 Å². The third-order valence-electron chi connectivity index (χ3n) is 2.31. The van der Waals surface area contributed by atoms with Crippen LogP contribution in [0.5, 0.6) is 0 Å². The minimum absolute atomic E-state index is 0.144. The molecule has 2 N–H and O–H groups in total. The fourth-order valence-electron chi connectivity index (χ4n) is 1.51. The Hall–Kier alpha value is -1.73. The van der Waals surface area contributed by atoms with Gasteiger partial charge in [0.05, 0.1) is 6.61 Å². The van der Waals surface area contributed by atoms with E-state index in [-0.39, 0.29) is 6.04 Å². The van der Waals surface area contributed by atoms with Crippen LogP contribution < -0.4 is 5.73 Å². The van der Waals surface area contributed by atoms with Crippen molar-refractivity contribution in [1.29, 1.82) is 0 Å². The highest BCUT2D eigenvalue weighted by atomic mass is 16.5. The Morgan fingerprint density at radius 2 is 2.41 bits per heavy atom. The number of aromatic nitrogens is 4. The Balaban J connectivity index is 2.09. The number of rotatable bonds is 5. The average molecular weight is 237 g/mol. The van der Waals surface area contributed by atoms with Crippen LogP contribution in [0.15, 0.2) is 16.9 Å². The largest absolute Gasteiger partial charge is 0.383 e. The van der Waals surface area contributed by atoms with Crippen LogP contribution in [0.3, 0.4) is 0 Å². The zero-order valence-corrected chi connectivity index (χ0v) is 9.83. The van der Waals surface area contributed by atoms with Crippen LogP contribution in [0.25, 0.3) is 11.6 Å². The van der Waals surface area contributed by atoms with Gasteiger partial charge in [-0.2, -0.15) is 4.98 Å². The first-order chi connectivity index (χ1) is 8.20. The van der Waals surface area contributed by atoms with E-state index in [1.165, 1.54) is 0 Å². The molecule has 0 aliphatic rings. The van der Waals surface area contributed by atoms with Crippen molar-refractivity contribution in [3.05, 3.63) is 18.3 Å². The van der Waals surface area contributed by atoms with Gasteiger partial charge in [0.25, 0.3) is 0 Å². The van der Waals surface area contributed by atoms with Crippen molar-refractivity contribution in [3.8, 4) is 11.6 Å². The zero-order valence-electron chi connectivity index (χ0n) is 9.83. The standard InChI is InChI=1S/C10H15N5O2/c1-15-4-3-12-10(15)9-13-8(17-14-9)5-7(11)6-16-2/h3-4,7H,5-6,11H2,1-2H3. The summed E-state index contributed by atoms with van der Waals surface area (Å²) < 4.78 is 11.9. The Kier molecular flexibility index (Phi) is 3.50. The summed E-state index contributed by atoms with van der Waals surface area (Å²) in [5.41, 5.74) is 5.80. The van der Waals surface area contributed by atoms with E-state index in [9.17, 15) is 0 Å². The van der Waals surface area contributed by atoms with E-state index in [1.54, 1.807) is 13.3 Å². The lowest BCUT2D eigenvalue weighted by Crippen LogP contribution is -2.28. The molecule has 0 aliphatic carbocycles. The van der Waals surface area contributed by atoms with Crippen LogP contribution in [-0.4, -0.2) is 39.5 Å². The summed E-state index contributed by atoms with van der Waals surface area (Å²) in [4.78, 5) is 8.38. The van der Waals surface area contributed by atoms with Gasteiger partial charge in [-0.3, -0.25) is 0 Å². The van der Waals surface area contributed by atoms with Crippen molar-refractivity contribution < 1.29 is 9.26 Å². The molecule has 2 aromatic rings. The Morgan fingerprint density at radius 1 is 1.59 bits per heavy atom. The van der Waals surface area contributed by atoms with Gasteiger partial charge in [0.1, 0.15) is 0 Å². The number of imidazole rings is 1. The van der Waals surface area contributed by atoms with Crippen LogP contribution >= 0.6 is 0 Å². The second-order valence-corrected chi connectivity index (χ2v) is 3.79. The fraction of sp³-hybridized carbons (Fsp3) is 0.500. The molecule has 0 fully saturated rings. The molecule has 0 saturated heterocycles. The molecule has 0 aromatic carbocycles. The minimum atomic E-state index is -0.144. The average Bonchev–Trinajstić information content (AvgIpc) is 2.87. The summed E-state index contributed by atoms with van der Waals surface area (Å²) in [6.07, 6.45) is 4.00. The maximum absolute atomic E-state index is 5.80. The van der Waals surface area contributed by atoms with Gasteiger partial charge in [-0.05, 0) is 0 Å². The van der Waals surface area contributed by atoms with Crippen LogP contribution in [-0.2, 0) is 18.2 Å². The predicted molar refractivity (Wildman–Crippen MR) is 60.1 cm³/mol. The SMILES string of the molecule is COCC(N)Cc1nc(-c2nccn2C)no1. The molecule has 7 nitrogen and oxygen atoms in total. The lowest BCUT2D eigenvalue weighted by molar-refractivity contribution is 0.176. The van der Waals surface area contributed by atoms with Crippen molar-refractivity contribution in [2.45, 2.75) is 12.5 Å². The first-order valence-electron chi connectivity index (χ1n) is 5.25. The molecular weight excluding hydrogens is 222 g/mol. The fourth-order valence-corrected chi connectivity index (χ4v) is 1.51. The molecule has 0 bridgehead atoms. The Bertz CT molecular complexity index is 479. The van der Waals surface area contributed by atoms with Crippen LogP contribution in [0.1, 0.15) is 5.89 Å². The molecule has 7 heteroatoms. The summed E-state index contributed by atoms with van der Waals surface area (Å²) in [6, 6.07) is -0.144. The highest BCUT2D eigenvalue weighted by Gasteiger charge is 2.14.